The van der Waals surface area contributed by atoms with Gasteiger partial charge in [-0.05, 0) is 17.7 Å². The first-order chi connectivity index (χ1) is 10.3. The van der Waals surface area contributed by atoms with Crippen LogP contribution in [0.3, 0.4) is 0 Å². The van der Waals surface area contributed by atoms with Crippen molar-refractivity contribution in [3.8, 4) is 0 Å². The smallest absolute Gasteiger partial charge is 0.291 e. The quantitative estimate of drug-likeness (QED) is 0.581. The molecule has 3 rings (SSSR count). The molecule has 0 aromatic heterocycles. The Morgan fingerprint density at radius 2 is 1.41 bits per heavy atom. The number of benzene rings is 2. The second-order valence-corrected chi connectivity index (χ2v) is 5.51. The van der Waals surface area contributed by atoms with E-state index in [1.807, 2.05) is 0 Å². The van der Waals surface area contributed by atoms with Crippen LogP contribution in [0.5, 0.6) is 0 Å². The number of hydrogen-bond donors (Lipinski definition) is 0. The van der Waals surface area contributed by atoms with Gasteiger partial charge in [0.25, 0.3) is 0 Å². The van der Waals surface area contributed by atoms with E-state index < -0.39 is 28.2 Å². The van der Waals surface area contributed by atoms with Gasteiger partial charge in [-0.2, -0.15) is 13.2 Å². The maximum atomic E-state index is 12.8. The zero-order valence-corrected chi connectivity index (χ0v) is 11.7. The Bertz CT molecular complexity index is 761. The maximum Gasteiger partial charge on any atom is 0.416 e. The minimum atomic E-state index is -4.58. The Labute approximate surface area is 128 Å². The van der Waals surface area contributed by atoms with E-state index >= 15 is 0 Å². The van der Waals surface area contributed by atoms with E-state index in [0.717, 1.165) is 18.2 Å². The van der Waals surface area contributed by atoms with Crippen LogP contribution in [-0.2, 0) is 11.1 Å². The summed E-state index contributed by atoms with van der Waals surface area (Å²) in [5, 5.41) is 0. The van der Waals surface area contributed by atoms with Crippen LogP contribution in [0.25, 0.3) is 0 Å². The SMILES string of the molecule is O=C1c2ccccc2C(=O)C1(Cl)c1cccc(C(F)(F)F)c1. The van der Waals surface area contributed by atoms with Gasteiger partial charge in [-0.15, -0.1) is 0 Å². The number of carbonyl (C=O) groups is 2. The predicted octanol–water partition coefficient (Wildman–Crippen LogP) is 4.22. The van der Waals surface area contributed by atoms with Crippen molar-refractivity contribution < 1.29 is 22.8 Å². The zero-order chi connectivity index (χ0) is 16.1. The lowest BCUT2D eigenvalue weighted by Crippen LogP contribution is -2.32. The van der Waals surface area contributed by atoms with Crippen LogP contribution < -0.4 is 0 Å². The van der Waals surface area contributed by atoms with Crippen LogP contribution in [0.15, 0.2) is 48.5 Å². The van der Waals surface area contributed by atoms with Gasteiger partial charge in [-0.3, -0.25) is 9.59 Å². The average Bonchev–Trinajstić information content (AvgIpc) is 2.70. The van der Waals surface area contributed by atoms with Gasteiger partial charge in [0, 0.05) is 11.1 Å². The summed E-state index contributed by atoms with van der Waals surface area (Å²) in [7, 11) is 0. The Balaban J connectivity index is 2.17. The summed E-state index contributed by atoms with van der Waals surface area (Å²) in [6.45, 7) is 0. The van der Waals surface area contributed by atoms with Crippen molar-refractivity contribution in [3.63, 3.8) is 0 Å². The minimum absolute atomic E-state index is 0.125. The second kappa shape index (κ2) is 4.68. The molecular formula is C16H8ClF3O2. The summed E-state index contributed by atoms with van der Waals surface area (Å²) >= 11 is 6.22. The fourth-order valence-electron chi connectivity index (χ4n) is 2.53. The van der Waals surface area contributed by atoms with Crippen LogP contribution in [0.4, 0.5) is 13.2 Å². The first kappa shape index (κ1) is 14.8. The highest BCUT2D eigenvalue weighted by atomic mass is 35.5. The van der Waals surface area contributed by atoms with E-state index in [0.29, 0.717) is 0 Å². The Morgan fingerprint density at radius 3 is 1.91 bits per heavy atom. The number of alkyl halides is 4. The third kappa shape index (κ3) is 1.96. The lowest BCUT2D eigenvalue weighted by molar-refractivity contribution is -0.137. The number of ketones is 2. The highest BCUT2D eigenvalue weighted by molar-refractivity contribution is 6.54. The highest BCUT2D eigenvalue weighted by Gasteiger charge is 2.53. The molecule has 0 saturated carbocycles. The van der Waals surface area contributed by atoms with Gasteiger partial charge < -0.3 is 0 Å². The van der Waals surface area contributed by atoms with Gasteiger partial charge in [-0.1, -0.05) is 48.0 Å². The molecular weight excluding hydrogens is 317 g/mol. The minimum Gasteiger partial charge on any atom is -0.291 e. The molecule has 0 saturated heterocycles. The molecule has 2 aromatic carbocycles. The second-order valence-electron chi connectivity index (χ2n) is 4.94. The van der Waals surface area contributed by atoms with Crippen LogP contribution in [-0.4, -0.2) is 11.6 Å². The monoisotopic (exact) mass is 324 g/mol. The van der Waals surface area contributed by atoms with E-state index in [1.54, 1.807) is 12.1 Å². The van der Waals surface area contributed by atoms with Gasteiger partial charge in [0.05, 0.1) is 5.56 Å². The molecule has 0 aliphatic heterocycles. The average molecular weight is 325 g/mol. The van der Waals surface area contributed by atoms with Crippen molar-refractivity contribution in [3.05, 3.63) is 70.8 Å². The predicted molar refractivity (Wildman–Crippen MR) is 74.1 cm³/mol. The topological polar surface area (TPSA) is 34.1 Å². The number of Topliss-reactive ketones (excluding diaryl/α,β-unsaturated/α-hetero) is 2. The molecule has 0 radical (unpaired) electrons. The highest BCUT2D eigenvalue weighted by Crippen LogP contribution is 2.44. The van der Waals surface area contributed by atoms with E-state index in [1.165, 1.54) is 18.2 Å². The maximum absolute atomic E-state index is 12.8. The van der Waals surface area contributed by atoms with Crippen molar-refractivity contribution in [2.75, 3.05) is 0 Å². The van der Waals surface area contributed by atoms with E-state index in [2.05, 4.69) is 0 Å². The largest absolute Gasteiger partial charge is 0.416 e. The molecule has 0 fully saturated rings. The molecule has 0 bridgehead atoms. The molecule has 6 heteroatoms. The van der Waals surface area contributed by atoms with E-state index in [-0.39, 0.29) is 16.7 Å². The molecule has 0 atom stereocenters. The molecule has 0 amide bonds. The number of halogens is 4. The van der Waals surface area contributed by atoms with Crippen molar-refractivity contribution in [2.24, 2.45) is 0 Å². The molecule has 2 aromatic rings. The molecule has 0 unspecified atom stereocenters. The summed E-state index contributed by atoms with van der Waals surface area (Å²) in [6.07, 6.45) is -4.58. The summed E-state index contributed by atoms with van der Waals surface area (Å²) in [6, 6.07) is 10.0. The third-order valence-corrected chi connectivity index (χ3v) is 4.19. The molecule has 1 aliphatic carbocycles. The molecule has 22 heavy (non-hydrogen) atoms. The number of carbonyl (C=O) groups excluding carboxylic acids is 2. The van der Waals surface area contributed by atoms with Crippen LogP contribution in [0.1, 0.15) is 31.8 Å². The van der Waals surface area contributed by atoms with Crippen LogP contribution in [0, 0.1) is 0 Å². The molecule has 0 N–H and O–H groups in total. The molecule has 2 nitrogen and oxygen atoms in total. The number of hydrogen-bond acceptors (Lipinski definition) is 2. The van der Waals surface area contributed by atoms with Gasteiger partial charge in [-0.25, -0.2) is 0 Å². The van der Waals surface area contributed by atoms with Gasteiger partial charge in [0.1, 0.15) is 0 Å². The number of fused-ring (bicyclic) bond motifs is 1. The van der Waals surface area contributed by atoms with Crippen LogP contribution in [0.2, 0.25) is 0 Å². The Kier molecular flexibility index (Phi) is 3.14. The Morgan fingerprint density at radius 1 is 0.864 bits per heavy atom. The van der Waals surface area contributed by atoms with E-state index in [4.69, 9.17) is 11.6 Å². The van der Waals surface area contributed by atoms with Crippen molar-refractivity contribution in [2.45, 2.75) is 11.1 Å². The molecule has 0 heterocycles. The Hall–Kier alpha value is -2.14. The van der Waals surface area contributed by atoms with Gasteiger partial charge >= 0.3 is 6.18 Å². The summed E-state index contributed by atoms with van der Waals surface area (Å²) < 4.78 is 38.5. The van der Waals surface area contributed by atoms with Crippen molar-refractivity contribution in [1.82, 2.24) is 0 Å². The fraction of sp³-hybridized carbons (Fsp3) is 0.125. The fourth-order valence-corrected chi connectivity index (χ4v) is 2.85. The van der Waals surface area contributed by atoms with Gasteiger partial charge in [0.15, 0.2) is 16.4 Å². The first-order valence-corrected chi connectivity index (χ1v) is 6.69. The lowest BCUT2D eigenvalue weighted by atomic mass is 9.92. The summed E-state index contributed by atoms with van der Waals surface area (Å²) in [4.78, 5) is 22.8. The molecule has 0 spiro atoms. The normalized spacial score (nSPS) is 16.7. The summed E-state index contributed by atoms with van der Waals surface area (Å²) in [5.41, 5.74) is -0.878. The van der Waals surface area contributed by atoms with Gasteiger partial charge in [0.2, 0.25) is 0 Å². The van der Waals surface area contributed by atoms with Crippen molar-refractivity contribution >= 4 is 23.2 Å². The number of rotatable bonds is 1. The van der Waals surface area contributed by atoms with Crippen LogP contribution >= 0.6 is 11.6 Å². The lowest BCUT2D eigenvalue weighted by Gasteiger charge is -2.19. The standard InChI is InChI=1S/C16H8ClF3O2/c17-15(9-4-3-5-10(8-9)16(18,19)20)13(21)11-6-1-2-7-12(11)14(15)22/h1-8H. The molecule has 112 valence electrons. The summed E-state index contributed by atoms with van der Waals surface area (Å²) in [5.74, 6) is -1.40. The zero-order valence-electron chi connectivity index (χ0n) is 10.9. The third-order valence-electron chi connectivity index (χ3n) is 3.63. The molecule has 1 aliphatic rings. The van der Waals surface area contributed by atoms with E-state index in [9.17, 15) is 22.8 Å². The van der Waals surface area contributed by atoms with Crippen molar-refractivity contribution in [1.29, 1.82) is 0 Å². The first-order valence-electron chi connectivity index (χ1n) is 6.31.